The van der Waals surface area contributed by atoms with E-state index >= 15 is 0 Å². The van der Waals surface area contributed by atoms with Crippen molar-refractivity contribution in [3.8, 4) is 16.9 Å². The molecule has 3 aromatic rings. The maximum atomic E-state index is 14.7. The van der Waals surface area contributed by atoms with Gasteiger partial charge in [0.1, 0.15) is 16.9 Å². The molecule has 51 heavy (non-hydrogen) atoms. The molecule has 6 atom stereocenters. The van der Waals surface area contributed by atoms with E-state index < -0.39 is 80.2 Å². The molecular formula is C40H42O11. The number of carbonyl (C=O) groups is 4. The van der Waals surface area contributed by atoms with Crippen LogP contribution < -0.4 is 10.4 Å². The van der Waals surface area contributed by atoms with Gasteiger partial charge in [-0.05, 0) is 76.6 Å². The van der Waals surface area contributed by atoms with Crippen molar-refractivity contribution in [2.24, 2.45) is 21.7 Å². The summed E-state index contributed by atoms with van der Waals surface area (Å²) in [7, 11) is 0. The number of hydrogen-bond acceptors (Lipinski definition) is 11. The van der Waals surface area contributed by atoms with E-state index in [1.54, 1.807) is 39.8 Å². The maximum absolute atomic E-state index is 14.7. The topological polar surface area (TPSA) is 145 Å². The third-order valence-electron chi connectivity index (χ3n) is 13.9. The molecule has 268 valence electrons. The van der Waals surface area contributed by atoms with E-state index in [1.807, 2.05) is 58.0 Å². The molecule has 2 saturated heterocycles. The van der Waals surface area contributed by atoms with Crippen LogP contribution in [0, 0.1) is 21.7 Å². The Kier molecular flexibility index (Phi) is 6.57. The summed E-state index contributed by atoms with van der Waals surface area (Å²) >= 11 is 0. The summed E-state index contributed by atoms with van der Waals surface area (Å²) < 4.78 is 37.0. The zero-order chi connectivity index (χ0) is 36.7. The second-order valence-electron chi connectivity index (χ2n) is 16.9. The van der Waals surface area contributed by atoms with Crippen LogP contribution in [-0.2, 0) is 38.1 Å². The average Bonchev–Trinajstić information content (AvgIpc) is 3.53. The van der Waals surface area contributed by atoms with Crippen molar-refractivity contribution >= 4 is 34.8 Å². The van der Waals surface area contributed by atoms with E-state index in [2.05, 4.69) is 0 Å². The van der Waals surface area contributed by atoms with Gasteiger partial charge < -0.3 is 28.1 Å². The molecule has 11 heteroatoms. The minimum Gasteiger partial charge on any atom is -0.483 e. The number of rotatable bonds is 5. The Morgan fingerprint density at radius 1 is 0.686 bits per heavy atom. The summed E-state index contributed by atoms with van der Waals surface area (Å²) in [6.45, 7) is 14.3. The van der Waals surface area contributed by atoms with Crippen molar-refractivity contribution in [2.45, 2.75) is 110 Å². The largest absolute Gasteiger partial charge is 0.483 e. The van der Waals surface area contributed by atoms with Crippen molar-refractivity contribution in [3.63, 3.8) is 0 Å². The summed E-state index contributed by atoms with van der Waals surface area (Å²) in [4.78, 5) is 68.7. The minimum atomic E-state index is -1.62. The molecule has 4 heterocycles. The van der Waals surface area contributed by atoms with Crippen LogP contribution in [0.1, 0.15) is 92.7 Å². The van der Waals surface area contributed by atoms with Crippen molar-refractivity contribution in [2.75, 3.05) is 0 Å². The highest BCUT2D eigenvalue weighted by molar-refractivity contribution is 5.98. The summed E-state index contributed by atoms with van der Waals surface area (Å²) in [6.07, 6.45) is -1.40. The normalized spacial score (nSPS) is 34.7. The van der Waals surface area contributed by atoms with Gasteiger partial charge in [0.15, 0.2) is 12.2 Å². The van der Waals surface area contributed by atoms with E-state index in [9.17, 15) is 24.0 Å². The van der Waals surface area contributed by atoms with Gasteiger partial charge in [-0.25, -0.2) is 14.4 Å². The Balaban J connectivity index is 1.30. The molecule has 4 bridgehead atoms. The van der Waals surface area contributed by atoms with Gasteiger partial charge in [0.2, 0.25) is 11.2 Å². The number of fused-ring (bicyclic) bond motifs is 7. The molecular weight excluding hydrogens is 656 g/mol. The number of benzene rings is 2. The molecule has 2 saturated carbocycles. The fraction of sp³-hybridized carbons (Fsp3) is 0.525. The summed E-state index contributed by atoms with van der Waals surface area (Å²) in [6, 6.07) is 14.2. The predicted molar refractivity (Wildman–Crippen MR) is 181 cm³/mol. The summed E-state index contributed by atoms with van der Waals surface area (Å²) in [5.74, 6) is -2.31. The van der Waals surface area contributed by atoms with Crippen LogP contribution in [0.4, 0.5) is 0 Å². The van der Waals surface area contributed by atoms with Gasteiger partial charge in [0, 0.05) is 22.3 Å². The summed E-state index contributed by atoms with van der Waals surface area (Å²) in [5, 5.41) is 0.532. The van der Waals surface area contributed by atoms with Crippen LogP contribution in [0.2, 0.25) is 0 Å². The standard InChI is InChI=1S/C40H42O11/c1-34(2)29(48-33(45)40-19-17-38(8,31(43)51-40)36(40,5)6)28(47-32(44)39-18-16-37(7,30(42)50-39)35(39,3)4)26-24(49-34)15-14-22-23(20-25(41)46-27(22)26)21-12-10-9-11-13-21/h9-15,20,28-29H,16-19H2,1-8H3/t28-,29-,37+,38+,39-,40-/m1/s1. The second-order valence-corrected chi connectivity index (χ2v) is 16.9. The lowest BCUT2D eigenvalue weighted by molar-refractivity contribution is -0.217. The number of hydrogen-bond donors (Lipinski definition) is 0. The first-order valence-corrected chi connectivity index (χ1v) is 17.5. The first-order chi connectivity index (χ1) is 23.8. The molecule has 3 aliphatic heterocycles. The molecule has 0 amide bonds. The van der Waals surface area contributed by atoms with Gasteiger partial charge in [0.25, 0.3) is 0 Å². The molecule has 0 N–H and O–H groups in total. The molecule has 0 spiro atoms. The van der Waals surface area contributed by atoms with Crippen molar-refractivity contribution < 1.29 is 47.3 Å². The number of esters is 4. The molecule has 8 rings (SSSR count). The van der Waals surface area contributed by atoms with E-state index in [1.165, 1.54) is 6.07 Å². The highest BCUT2D eigenvalue weighted by Gasteiger charge is 2.78. The highest BCUT2D eigenvalue weighted by atomic mass is 16.7. The average molecular weight is 699 g/mol. The molecule has 0 radical (unpaired) electrons. The zero-order valence-electron chi connectivity index (χ0n) is 30.1. The van der Waals surface area contributed by atoms with Crippen LogP contribution in [-0.4, -0.2) is 46.8 Å². The molecule has 1 aromatic heterocycles. The third kappa shape index (κ3) is 3.92. The first-order valence-electron chi connectivity index (χ1n) is 17.5. The molecule has 2 aromatic carbocycles. The van der Waals surface area contributed by atoms with Gasteiger partial charge >= 0.3 is 29.5 Å². The highest BCUT2D eigenvalue weighted by Crippen LogP contribution is 2.67. The molecule has 11 nitrogen and oxygen atoms in total. The van der Waals surface area contributed by atoms with Gasteiger partial charge in [-0.15, -0.1) is 0 Å². The fourth-order valence-electron chi connectivity index (χ4n) is 9.45. The smallest absolute Gasteiger partial charge is 0.351 e. The Labute approximate surface area is 294 Å². The van der Waals surface area contributed by atoms with Crippen LogP contribution >= 0.6 is 0 Å². The predicted octanol–water partition coefficient (Wildman–Crippen LogP) is 6.37. The van der Waals surface area contributed by atoms with Crippen LogP contribution in [0.25, 0.3) is 22.1 Å². The molecule has 5 aliphatic rings. The summed E-state index contributed by atoms with van der Waals surface area (Å²) in [5.41, 5.74) is -7.27. The van der Waals surface area contributed by atoms with Gasteiger partial charge in [-0.2, -0.15) is 0 Å². The van der Waals surface area contributed by atoms with Crippen LogP contribution in [0.5, 0.6) is 5.75 Å². The van der Waals surface area contributed by atoms with Gasteiger partial charge in [0.05, 0.1) is 16.4 Å². The zero-order valence-corrected chi connectivity index (χ0v) is 30.1. The Hall–Kier alpha value is -4.67. The van der Waals surface area contributed by atoms with Crippen molar-refractivity contribution in [1.29, 1.82) is 0 Å². The lowest BCUT2D eigenvalue weighted by Crippen LogP contribution is -2.57. The maximum Gasteiger partial charge on any atom is 0.351 e. The Bertz CT molecular complexity index is 2130. The second kappa shape index (κ2) is 10.0. The molecule has 4 fully saturated rings. The van der Waals surface area contributed by atoms with E-state index in [4.69, 9.17) is 28.1 Å². The van der Waals surface area contributed by atoms with E-state index in [-0.39, 0.29) is 29.7 Å². The fourth-order valence-corrected chi connectivity index (χ4v) is 9.45. The van der Waals surface area contributed by atoms with Crippen molar-refractivity contribution in [1.82, 2.24) is 0 Å². The van der Waals surface area contributed by atoms with Gasteiger partial charge in [-0.1, -0.05) is 58.0 Å². The SMILES string of the molecule is CC1(C)Oc2ccc3c(-c4ccccc4)cc(=O)oc3c2[C@@H](OC(=O)[C@@]23CC[C@@](C)(C(=O)O2)C3(C)C)[C@H]1OC(=O)[C@@]12CC[C@@](C)(C(=O)O1)C2(C)C. The monoisotopic (exact) mass is 698 g/mol. The lowest BCUT2D eigenvalue weighted by Gasteiger charge is -2.45. The van der Waals surface area contributed by atoms with E-state index in [0.717, 1.165) is 5.56 Å². The van der Waals surface area contributed by atoms with E-state index in [0.29, 0.717) is 23.8 Å². The Morgan fingerprint density at radius 3 is 1.75 bits per heavy atom. The quantitative estimate of drug-likeness (QED) is 0.167. The van der Waals surface area contributed by atoms with Crippen LogP contribution in [0.3, 0.4) is 0 Å². The number of carbonyl (C=O) groups excluding carboxylic acids is 4. The Morgan fingerprint density at radius 2 is 1.24 bits per heavy atom. The minimum absolute atomic E-state index is 0.0869. The number of ether oxygens (including phenoxy) is 5. The third-order valence-corrected chi connectivity index (χ3v) is 13.9. The molecule has 0 unspecified atom stereocenters. The molecule has 2 aliphatic carbocycles. The first kappa shape index (κ1) is 33.5. The lowest BCUT2D eigenvalue weighted by atomic mass is 9.66. The van der Waals surface area contributed by atoms with Gasteiger partial charge in [-0.3, -0.25) is 9.59 Å². The van der Waals surface area contributed by atoms with Crippen molar-refractivity contribution in [3.05, 3.63) is 64.5 Å². The van der Waals surface area contributed by atoms with Crippen LogP contribution in [0.15, 0.2) is 57.7 Å².